The number of nitrogens with zero attached hydrogens (tertiary/aromatic N) is 4. The molecule has 8 heteroatoms. The smallest absolute Gasteiger partial charge is 0.261 e. The van der Waals surface area contributed by atoms with Crippen LogP contribution in [-0.2, 0) is 0 Å². The number of fused-ring (bicyclic) bond motifs is 2. The summed E-state index contributed by atoms with van der Waals surface area (Å²) in [5.74, 6) is -1.06. The predicted octanol–water partition coefficient (Wildman–Crippen LogP) is 8.07. The molecular weight excluding hydrogens is 612 g/mol. The maximum absolute atomic E-state index is 14.5. The third-order valence-electron chi connectivity index (χ3n) is 12.3. The normalized spacial score (nSPS) is 20.6. The highest BCUT2D eigenvalue weighted by atomic mass is 16.2. The number of amides is 4. The number of hydrogen-bond donors (Lipinski definition) is 0. The molecule has 2 saturated carbocycles. The van der Waals surface area contributed by atoms with E-state index in [2.05, 4.69) is 11.0 Å². The molecule has 244 valence electrons. The Morgan fingerprint density at radius 3 is 1.51 bits per heavy atom. The van der Waals surface area contributed by atoms with E-state index in [1.165, 1.54) is 9.80 Å². The molecule has 2 aliphatic carbocycles. The number of rotatable bonds is 3. The summed E-state index contributed by atoms with van der Waals surface area (Å²) in [4.78, 5) is 62.6. The zero-order valence-electron chi connectivity index (χ0n) is 27.4. The summed E-state index contributed by atoms with van der Waals surface area (Å²) >= 11 is 0. The Morgan fingerprint density at radius 2 is 0.980 bits per heavy atom. The fraction of sp³-hybridized carbons (Fsp3) is 0.390. The van der Waals surface area contributed by atoms with Crippen molar-refractivity contribution in [1.82, 2.24) is 9.80 Å². The first-order chi connectivity index (χ1) is 24.0. The van der Waals surface area contributed by atoms with Crippen LogP contribution in [-0.4, -0.2) is 58.6 Å². The second-order valence-corrected chi connectivity index (χ2v) is 14.8. The van der Waals surface area contributed by atoms with E-state index in [0.717, 1.165) is 123 Å². The van der Waals surface area contributed by atoms with Crippen molar-refractivity contribution in [3.05, 3.63) is 64.2 Å². The number of imide groups is 2. The van der Waals surface area contributed by atoms with Crippen molar-refractivity contribution in [2.75, 3.05) is 18.0 Å². The molecule has 0 unspecified atom stereocenters. The summed E-state index contributed by atoms with van der Waals surface area (Å²) in [5, 5.41) is 16.7. The van der Waals surface area contributed by atoms with Gasteiger partial charge in [0.05, 0.1) is 22.8 Å². The van der Waals surface area contributed by atoms with Gasteiger partial charge < -0.3 is 4.90 Å². The predicted molar refractivity (Wildman–Crippen MR) is 189 cm³/mol. The van der Waals surface area contributed by atoms with Crippen molar-refractivity contribution in [3.63, 3.8) is 0 Å². The fourth-order valence-corrected chi connectivity index (χ4v) is 10.1. The van der Waals surface area contributed by atoms with Crippen LogP contribution in [0.2, 0.25) is 0 Å². The Labute approximate surface area is 283 Å². The minimum absolute atomic E-state index is 0.107. The molecule has 8 nitrogen and oxygen atoms in total. The average molecular weight is 649 g/mol. The Morgan fingerprint density at radius 1 is 0.510 bits per heavy atom. The van der Waals surface area contributed by atoms with Crippen molar-refractivity contribution < 1.29 is 19.2 Å². The van der Waals surface area contributed by atoms with Gasteiger partial charge in [-0.2, -0.15) is 5.26 Å². The molecule has 5 aliphatic rings. The summed E-state index contributed by atoms with van der Waals surface area (Å²) in [6.07, 6.45) is 11.5. The van der Waals surface area contributed by atoms with Crippen LogP contribution in [0.4, 0.5) is 5.69 Å². The summed E-state index contributed by atoms with van der Waals surface area (Å²) in [7, 11) is 0. The van der Waals surface area contributed by atoms with Crippen molar-refractivity contribution in [2.24, 2.45) is 0 Å². The number of carbonyl (C=O) groups excluding carboxylic acids is 4. The molecule has 4 amide bonds. The van der Waals surface area contributed by atoms with Gasteiger partial charge in [0.1, 0.15) is 0 Å². The van der Waals surface area contributed by atoms with Crippen LogP contribution in [0.3, 0.4) is 0 Å². The average Bonchev–Trinajstić information content (AvgIpc) is 3.68. The van der Waals surface area contributed by atoms with E-state index in [4.69, 9.17) is 0 Å². The van der Waals surface area contributed by atoms with Gasteiger partial charge in [-0.15, -0.1) is 0 Å². The molecule has 5 aromatic carbocycles. The van der Waals surface area contributed by atoms with Crippen LogP contribution < -0.4 is 4.90 Å². The van der Waals surface area contributed by atoms with Crippen molar-refractivity contribution in [2.45, 2.75) is 89.1 Å². The van der Waals surface area contributed by atoms with Gasteiger partial charge >= 0.3 is 0 Å². The molecule has 0 bridgehead atoms. The minimum atomic E-state index is -0.320. The number of anilines is 1. The number of benzene rings is 5. The second kappa shape index (κ2) is 10.5. The molecule has 0 aromatic heterocycles. The Balaban J connectivity index is 1.32. The molecule has 1 saturated heterocycles. The first-order valence-electron chi connectivity index (χ1n) is 18.2. The topological polar surface area (TPSA) is 102 Å². The van der Waals surface area contributed by atoms with E-state index in [1.807, 2.05) is 30.3 Å². The lowest BCUT2D eigenvalue weighted by Gasteiger charge is -2.37. The molecule has 0 spiro atoms. The largest absolute Gasteiger partial charge is 0.371 e. The molecule has 10 rings (SSSR count). The second-order valence-electron chi connectivity index (χ2n) is 14.8. The molecule has 3 fully saturated rings. The molecule has 3 aliphatic heterocycles. The van der Waals surface area contributed by atoms with Gasteiger partial charge in [-0.3, -0.25) is 29.0 Å². The quantitative estimate of drug-likeness (QED) is 0.111. The van der Waals surface area contributed by atoms with Gasteiger partial charge in [0.25, 0.3) is 23.6 Å². The summed E-state index contributed by atoms with van der Waals surface area (Å²) in [6.45, 7) is 1.69. The van der Waals surface area contributed by atoms with Gasteiger partial charge in [0.15, 0.2) is 0 Å². The zero-order chi connectivity index (χ0) is 33.1. The standard InChI is InChI=1S/C41H36N4O4/c42-21-22-19-29-33-27(38(46)44(40(29)48)23-9-3-1-4-10-23)16-14-26-35-31(43-17-7-8-18-43)20-30-34-28(15-13-25(37(34)35)32(22)36(26)33)39(47)45(41(30)49)24-11-5-2-6-12-24/h13-16,19-20,23-24H,1-12,17-18H2. The van der Waals surface area contributed by atoms with Crippen molar-refractivity contribution >= 4 is 72.4 Å². The lowest BCUT2D eigenvalue weighted by molar-refractivity contribution is 0.0487. The lowest BCUT2D eigenvalue weighted by atomic mass is 9.79. The number of nitriles is 1. The third-order valence-corrected chi connectivity index (χ3v) is 12.3. The monoisotopic (exact) mass is 648 g/mol. The number of hydrogen-bond acceptors (Lipinski definition) is 6. The molecule has 0 atom stereocenters. The first kappa shape index (κ1) is 28.9. The van der Waals surface area contributed by atoms with Crippen LogP contribution in [0.15, 0.2) is 36.4 Å². The van der Waals surface area contributed by atoms with Crippen LogP contribution in [0.5, 0.6) is 0 Å². The molecule has 3 heterocycles. The van der Waals surface area contributed by atoms with Gasteiger partial charge in [0, 0.05) is 74.3 Å². The Hall–Kier alpha value is -5.03. The maximum Gasteiger partial charge on any atom is 0.261 e. The molecule has 49 heavy (non-hydrogen) atoms. The lowest BCUT2D eigenvalue weighted by Crippen LogP contribution is -2.48. The van der Waals surface area contributed by atoms with E-state index < -0.39 is 0 Å². The minimum Gasteiger partial charge on any atom is -0.371 e. The van der Waals surface area contributed by atoms with Crippen molar-refractivity contribution in [3.8, 4) is 6.07 Å². The highest BCUT2D eigenvalue weighted by Gasteiger charge is 2.42. The molecular formula is C41H36N4O4. The highest BCUT2D eigenvalue weighted by Crippen LogP contribution is 2.51. The molecule has 0 radical (unpaired) electrons. The van der Waals surface area contributed by atoms with Gasteiger partial charge in [-0.1, -0.05) is 50.7 Å². The van der Waals surface area contributed by atoms with E-state index in [0.29, 0.717) is 44.0 Å². The zero-order valence-corrected chi connectivity index (χ0v) is 27.4. The SMILES string of the molecule is N#Cc1cc2c3c(ccc4c5c(N6CCCC6)cc6c7c(ccc(c1c34)c75)C(=O)N(C1CCCCC1)C6=O)C(=O)N(C1CCCCC1)C2=O. The molecule has 0 N–H and O–H groups in total. The van der Waals surface area contributed by atoms with Crippen LogP contribution in [0.1, 0.15) is 124 Å². The summed E-state index contributed by atoms with van der Waals surface area (Å²) < 4.78 is 0. The van der Waals surface area contributed by atoms with E-state index in [-0.39, 0.29) is 35.7 Å². The molecule has 5 aromatic rings. The highest BCUT2D eigenvalue weighted by molar-refractivity contribution is 6.43. The van der Waals surface area contributed by atoms with Gasteiger partial charge in [-0.25, -0.2) is 0 Å². The summed E-state index contributed by atoms with van der Waals surface area (Å²) in [5.41, 5.74) is 3.26. The van der Waals surface area contributed by atoms with Gasteiger partial charge in [-0.05, 0) is 73.6 Å². The van der Waals surface area contributed by atoms with Crippen molar-refractivity contribution in [1.29, 1.82) is 5.26 Å². The van der Waals surface area contributed by atoms with E-state index in [9.17, 15) is 24.4 Å². The Kier molecular flexibility index (Phi) is 6.19. The first-order valence-corrected chi connectivity index (χ1v) is 18.2. The van der Waals surface area contributed by atoms with Crippen LogP contribution >= 0.6 is 0 Å². The maximum atomic E-state index is 14.5. The summed E-state index contributed by atoms with van der Waals surface area (Å²) in [6, 6.07) is 13.4. The Bertz CT molecular complexity index is 2370. The van der Waals surface area contributed by atoms with Crippen LogP contribution in [0.25, 0.3) is 43.1 Å². The van der Waals surface area contributed by atoms with Gasteiger partial charge in [0.2, 0.25) is 0 Å². The fourth-order valence-electron chi connectivity index (χ4n) is 10.1. The third kappa shape index (κ3) is 3.79. The van der Waals surface area contributed by atoms with E-state index >= 15 is 0 Å². The number of carbonyl (C=O) groups is 4. The van der Waals surface area contributed by atoms with E-state index in [1.54, 1.807) is 6.07 Å². The van der Waals surface area contributed by atoms with Crippen LogP contribution in [0, 0.1) is 11.3 Å².